The van der Waals surface area contributed by atoms with E-state index in [-0.39, 0.29) is 11.8 Å². The van der Waals surface area contributed by atoms with E-state index in [2.05, 4.69) is 15.6 Å². The summed E-state index contributed by atoms with van der Waals surface area (Å²) in [7, 11) is 1.51. The van der Waals surface area contributed by atoms with Gasteiger partial charge in [0.15, 0.2) is 0 Å². The monoisotopic (exact) mass is 353 g/mol. The Morgan fingerprint density at radius 3 is 2.52 bits per heavy atom. The molecular weight excluding hydrogens is 338 g/mol. The number of methoxy groups -OCH3 is 1. The van der Waals surface area contributed by atoms with Crippen LogP contribution in [0, 0.1) is 0 Å². The van der Waals surface area contributed by atoms with Crippen LogP contribution in [0.4, 0.5) is 11.5 Å². The molecule has 126 valence electrons. The summed E-state index contributed by atoms with van der Waals surface area (Å²) in [4.78, 5) is 29.1. The van der Waals surface area contributed by atoms with Gasteiger partial charge in [0.25, 0.3) is 11.8 Å². The highest BCUT2D eigenvalue weighted by Gasteiger charge is 2.12. The number of nitrogens with zero attached hydrogens (tertiary/aromatic N) is 1. The van der Waals surface area contributed by atoms with Gasteiger partial charge in [-0.05, 0) is 35.7 Å². The van der Waals surface area contributed by atoms with Gasteiger partial charge >= 0.3 is 0 Å². The summed E-state index contributed by atoms with van der Waals surface area (Å²) in [5, 5.41) is 7.29. The van der Waals surface area contributed by atoms with E-state index in [1.165, 1.54) is 24.6 Å². The average Bonchev–Trinajstić information content (AvgIpc) is 3.18. The molecule has 2 amide bonds. The Morgan fingerprint density at radius 2 is 1.84 bits per heavy atom. The molecule has 0 aliphatic carbocycles. The summed E-state index contributed by atoms with van der Waals surface area (Å²) in [6.07, 6.45) is 1.49. The largest absolute Gasteiger partial charge is 0.496 e. The Bertz CT molecular complexity index is 877. The van der Waals surface area contributed by atoms with Crippen LogP contribution in [-0.4, -0.2) is 23.9 Å². The summed E-state index contributed by atoms with van der Waals surface area (Å²) >= 11 is 1.36. The molecule has 2 N–H and O–H groups in total. The summed E-state index contributed by atoms with van der Waals surface area (Å²) in [5.41, 5.74) is 0.968. The molecule has 0 aliphatic heterocycles. The lowest BCUT2D eigenvalue weighted by molar-refractivity contribution is 0.101. The van der Waals surface area contributed by atoms with E-state index in [4.69, 9.17) is 4.74 Å². The number of hydrogen-bond donors (Lipinski definition) is 2. The van der Waals surface area contributed by atoms with Crippen molar-refractivity contribution < 1.29 is 14.3 Å². The second-order valence-electron chi connectivity index (χ2n) is 5.02. The van der Waals surface area contributed by atoms with Gasteiger partial charge in [-0.1, -0.05) is 18.2 Å². The zero-order valence-corrected chi connectivity index (χ0v) is 14.2. The first-order valence-electron chi connectivity index (χ1n) is 7.42. The van der Waals surface area contributed by atoms with Gasteiger partial charge in [0, 0.05) is 0 Å². The molecule has 0 spiro atoms. The van der Waals surface area contributed by atoms with Gasteiger partial charge in [0.1, 0.15) is 11.6 Å². The molecule has 2 heterocycles. The quantitative estimate of drug-likeness (QED) is 0.734. The number of carbonyl (C=O) groups is 2. The van der Waals surface area contributed by atoms with Crippen LogP contribution in [0.25, 0.3) is 0 Å². The van der Waals surface area contributed by atoms with Gasteiger partial charge in [-0.25, -0.2) is 4.98 Å². The Morgan fingerprint density at radius 1 is 1.00 bits per heavy atom. The molecule has 3 rings (SSSR count). The minimum absolute atomic E-state index is 0.192. The molecule has 6 nitrogen and oxygen atoms in total. The van der Waals surface area contributed by atoms with Crippen LogP contribution in [0.1, 0.15) is 20.0 Å². The highest BCUT2D eigenvalue weighted by Crippen LogP contribution is 2.19. The second kappa shape index (κ2) is 7.59. The molecule has 2 aromatic heterocycles. The van der Waals surface area contributed by atoms with Crippen molar-refractivity contribution in [3.05, 3.63) is 70.5 Å². The Hall–Kier alpha value is -3.19. The number of thiophene rings is 1. The number of hydrogen-bond acceptors (Lipinski definition) is 5. The van der Waals surface area contributed by atoms with Crippen LogP contribution >= 0.6 is 11.3 Å². The van der Waals surface area contributed by atoms with E-state index in [1.807, 2.05) is 11.4 Å². The van der Waals surface area contributed by atoms with E-state index in [9.17, 15) is 9.59 Å². The molecule has 0 aliphatic rings. The number of carbonyl (C=O) groups excluding carboxylic acids is 2. The molecule has 3 aromatic rings. The Kier molecular flexibility index (Phi) is 5.06. The first-order valence-corrected chi connectivity index (χ1v) is 8.30. The van der Waals surface area contributed by atoms with E-state index < -0.39 is 0 Å². The normalized spacial score (nSPS) is 10.1. The van der Waals surface area contributed by atoms with E-state index >= 15 is 0 Å². The smallest absolute Gasteiger partial charge is 0.265 e. The summed E-state index contributed by atoms with van der Waals surface area (Å²) in [6, 6.07) is 13.8. The predicted octanol–water partition coefficient (Wildman–Crippen LogP) is 3.66. The fourth-order valence-corrected chi connectivity index (χ4v) is 2.78. The van der Waals surface area contributed by atoms with Crippen LogP contribution in [0.3, 0.4) is 0 Å². The van der Waals surface area contributed by atoms with Crippen molar-refractivity contribution in [2.45, 2.75) is 0 Å². The molecule has 0 radical (unpaired) electrons. The zero-order chi connectivity index (χ0) is 17.6. The first kappa shape index (κ1) is 16.7. The first-order chi connectivity index (χ1) is 12.2. The second-order valence-corrected chi connectivity index (χ2v) is 5.97. The van der Waals surface area contributed by atoms with E-state index in [0.717, 1.165) is 0 Å². The lowest BCUT2D eigenvalue weighted by Crippen LogP contribution is -2.14. The maximum Gasteiger partial charge on any atom is 0.265 e. The van der Waals surface area contributed by atoms with E-state index in [1.54, 1.807) is 42.5 Å². The minimum Gasteiger partial charge on any atom is -0.496 e. The number of amides is 2. The Labute approximate surface area is 148 Å². The number of rotatable bonds is 5. The molecule has 0 bridgehead atoms. The number of para-hydroxylation sites is 1. The summed E-state index contributed by atoms with van der Waals surface area (Å²) in [6.45, 7) is 0. The fraction of sp³-hybridized carbons (Fsp3) is 0.0556. The van der Waals surface area contributed by atoms with Gasteiger partial charge < -0.3 is 15.4 Å². The third-order valence-corrected chi connectivity index (χ3v) is 4.23. The average molecular weight is 353 g/mol. The summed E-state index contributed by atoms with van der Waals surface area (Å²) in [5.74, 6) is 0.354. The molecule has 1 aromatic carbocycles. The number of pyridine rings is 1. The molecule has 0 fully saturated rings. The minimum atomic E-state index is -0.319. The van der Waals surface area contributed by atoms with Crippen molar-refractivity contribution in [1.82, 2.24) is 4.98 Å². The van der Waals surface area contributed by atoms with Gasteiger partial charge in [-0.15, -0.1) is 11.3 Å². The van der Waals surface area contributed by atoms with Gasteiger partial charge in [0.05, 0.1) is 29.4 Å². The molecule has 0 saturated heterocycles. The molecule has 0 unspecified atom stereocenters. The van der Waals surface area contributed by atoms with Gasteiger partial charge in [-0.2, -0.15) is 0 Å². The van der Waals surface area contributed by atoms with Crippen molar-refractivity contribution in [2.75, 3.05) is 17.7 Å². The summed E-state index contributed by atoms with van der Waals surface area (Å²) < 4.78 is 5.17. The SMILES string of the molecule is COc1ccccc1C(=O)Nc1ccc(NC(=O)c2cccs2)cn1. The van der Waals surface area contributed by atoms with Crippen LogP contribution in [0.15, 0.2) is 60.1 Å². The molecule has 0 saturated carbocycles. The zero-order valence-electron chi connectivity index (χ0n) is 13.4. The van der Waals surface area contributed by atoms with Crippen LogP contribution < -0.4 is 15.4 Å². The maximum absolute atomic E-state index is 12.3. The molecule has 0 atom stereocenters. The Balaban J connectivity index is 1.66. The lowest BCUT2D eigenvalue weighted by Gasteiger charge is -2.09. The highest BCUT2D eigenvalue weighted by molar-refractivity contribution is 7.12. The van der Waals surface area contributed by atoms with Crippen molar-refractivity contribution in [3.63, 3.8) is 0 Å². The number of ether oxygens (including phenoxy) is 1. The molecule has 25 heavy (non-hydrogen) atoms. The van der Waals surface area contributed by atoms with Crippen molar-refractivity contribution in [3.8, 4) is 5.75 Å². The van der Waals surface area contributed by atoms with Crippen molar-refractivity contribution in [2.24, 2.45) is 0 Å². The molecule has 7 heteroatoms. The number of anilines is 2. The predicted molar refractivity (Wildman–Crippen MR) is 97.5 cm³/mol. The third kappa shape index (κ3) is 4.02. The lowest BCUT2D eigenvalue weighted by atomic mass is 10.2. The van der Waals surface area contributed by atoms with E-state index in [0.29, 0.717) is 27.7 Å². The van der Waals surface area contributed by atoms with Crippen LogP contribution in [0.2, 0.25) is 0 Å². The fourth-order valence-electron chi connectivity index (χ4n) is 2.16. The standard InChI is InChI=1S/C18H15N3O3S/c1-24-14-6-3-2-5-13(14)17(22)21-16-9-8-12(11-19-16)20-18(23)15-7-4-10-25-15/h2-11H,1H3,(H,20,23)(H,19,21,22). The van der Waals surface area contributed by atoms with Gasteiger partial charge in [-0.3, -0.25) is 9.59 Å². The van der Waals surface area contributed by atoms with Crippen LogP contribution in [0.5, 0.6) is 5.75 Å². The third-order valence-electron chi connectivity index (χ3n) is 3.36. The van der Waals surface area contributed by atoms with Gasteiger partial charge in [0.2, 0.25) is 0 Å². The number of nitrogens with one attached hydrogen (secondary N) is 2. The van der Waals surface area contributed by atoms with Crippen LogP contribution in [-0.2, 0) is 0 Å². The van der Waals surface area contributed by atoms with Crippen molar-refractivity contribution >= 4 is 34.7 Å². The topological polar surface area (TPSA) is 80.3 Å². The number of benzene rings is 1. The maximum atomic E-state index is 12.3. The van der Waals surface area contributed by atoms with Crippen molar-refractivity contribution in [1.29, 1.82) is 0 Å². The number of aromatic nitrogens is 1. The molecular formula is C18H15N3O3S. The highest BCUT2D eigenvalue weighted by atomic mass is 32.1.